The van der Waals surface area contributed by atoms with E-state index < -0.39 is 0 Å². The van der Waals surface area contributed by atoms with Gasteiger partial charge < -0.3 is 10.2 Å². The highest BCUT2D eigenvalue weighted by Gasteiger charge is 2.12. The van der Waals surface area contributed by atoms with Gasteiger partial charge in [0.2, 0.25) is 0 Å². The first-order valence-electron chi connectivity index (χ1n) is 5.95. The minimum Gasteiger partial charge on any atom is -0.448 e. The van der Waals surface area contributed by atoms with Crippen molar-refractivity contribution in [3.8, 4) is 11.5 Å². The second-order valence-corrected chi connectivity index (χ2v) is 5.58. The molecule has 0 aliphatic rings. The molecule has 0 saturated carbocycles. The molecular weight excluding hydrogens is 342 g/mol. The molecular formula is C14H11BrClN3O. The van der Waals surface area contributed by atoms with E-state index in [0.29, 0.717) is 28.4 Å². The lowest BCUT2D eigenvalue weighted by atomic mass is 10.2. The quantitative estimate of drug-likeness (QED) is 0.769. The summed E-state index contributed by atoms with van der Waals surface area (Å²) in [6, 6.07) is 11.3. The van der Waals surface area contributed by atoms with Crippen molar-refractivity contribution >= 4 is 33.2 Å². The van der Waals surface area contributed by atoms with Crippen LogP contribution in [0.1, 0.15) is 5.56 Å². The van der Waals surface area contributed by atoms with Crippen LogP contribution < -0.4 is 5.73 Å². The van der Waals surface area contributed by atoms with Gasteiger partial charge >= 0.3 is 0 Å². The van der Waals surface area contributed by atoms with Crippen LogP contribution in [0.4, 0.5) is 5.69 Å². The molecule has 0 fully saturated rings. The smallest absolute Gasteiger partial charge is 0.169 e. The van der Waals surface area contributed by atoms with Crippen molar-refractivity contribution in [3.63, 3.8) is 0 Å². The van der Waals surface area contributed by atoms with Gasteiger partial charge in [-0.1, -0.05) is 23.7 Å². The van der Waals surface area contributed by atoms with Crippen molar-refractivity contribution in [2.45, 2.75) is 6.54 Å². The summed E-state index contributed by atoms with van der Waals surface area (Å²) in [5.41, 5.74) is 8.31. The molecule has 0 aliphatic heterocycles. The summed E-state index contributed by atoms with van der Waals surface area (Å²) in [7, 11) is 0. The van der Waals surface area contributed by atoms with Gasteiger partial charge in [0.1, 0.15) is 0 Å². The van der Waals surface area contributed by atoms with Crippen LogP contribution in [0, 0.1) is 0 Å². The number of aromatic nitrogens is 2. The van der Waals surface area contributed by atoms with Crippen LogP contribution in [0.3, 0.4) is 0 Å². The maximum atomic E-state index is 5.98. The van der Waals surface area contributed by atoms with Crippen LogP contribution in [0.15, 0.2) is 51.7 Å². The van der Waals surface area contributed by atoms with Gasteiger partial charge in [-0.05, 0) is 45.8 Å². The molecule has 0 aliphatic carbocycles. The summed E-state index contributed by atoms with van der Waals surface area (Å²) in [5, 5.41) is 5.17. The lowest BCUT2D eigenvalue weighted by Crippen LogP contribution is -2.00. The molecule has 0 atom stereocenters. The highest BCUT2D eigenvalue weighted by atomic mass is 79.9. The molecule has 0 radical (unpaired) electrons. The van der Waals surface area contributed by atoms with Crippen molar-refractivity contribution < 1.29 is 4.42 Å². The Morgan fingerprint density at radius 3 is 2.60 bits per heavy atom. The van der Waals surface area contributed by atoms with Crippen LogP contribution in [0.5, 0.6) is 0 Å². The largest absolute Gasteiger partial charge is 0.448 e. The van der Waals surface area contributed by atoms with Crippen molar-refractivity contribution in [2.75, 3.05) is 5.73 Å². The van der Waals surface area contributed by atoms with E-state index in [4.69, 9.17) is 21.8 Å². The highest BCUT2D eigenvalue weighted by molar-refractivity contribution is 9.10. The molecule has 0 unspecified atom stereocenters. The summed E-state index contributed by atoms with van der Waals surface area (Å²) in [6.07, 6.45) is 1.79. The number of benzene rings is 1. The number of nitrogens with zero attached hydrogens (tertiary/aromatic N) is 2. The minimum absolute atomic E-state index is 0.584. The number of nitrogen functional groups attached to an aromatic ring is 1. The summed E-state index contributed by atoms with van der Waals surface area (Å²) in [6.45, 7) is 0.628. The lowest BCUT2D eigenvalue weighted by Gasteiger charge is -2.01. The predicted molar refractivity (Wildman–Crippen MR) is 82.6 cm³/mol. The van der Waals surface area contributed by atoms with Crippen molar-refractivity contribution in [1.82, 2.24) is 9.78 Å². The second-order valence-electron chi connectivity index (χ2n) is 4.36. The molecule has 3 rings (SSSR count). The molecule has 4 nitrogen and oxygen atoms in total. The number of rotatable bonds is 3. The van der Waals surface area contributed by atoms with Crippen molar-refractivity contribution in [3.05, 3.63) is 57.9 Å². The van der Waals surface area contributed by atoms with Gasteiger partial charge in [-0.2, -0.15) is 5.10 Å². The number of hydrogen-bond acceptors (Lipinski definition) is 3. The molecule has 0 amide bonds. The maximum Gasteiger partial charge on any atom is 0.169 e. The fourth-order valence-corrected chi connectivity index (χ4v) is 2.36. The molecule has 1 aromatic carbocycles. The number of furan rings is 1. The molecule has 2 heterocycles. The van der Waals surface area contributed by atoms with E-state index in [0.717, 1.165) is 10.6 Å². The number of nitrogens with two attached hydrogens (primary N) is 1. The number of halogens is 2. The van der Waals surface area contributed by atoms with Crippen LogP contribution in [0.25, 0.3) is 11.5 Å². The van der Waals surface area contributed by atoms with Crippen LogP contribution in [-0.4, -0.2) is 9.78 Å². The van der Waals surface area contributed by atoms with E-state index in [2.05, 4.69) is 21.0 Å². The fourth-order valence-electron chi connectivity index (χ4n) is 1.93. The molecule has 20 heavy (non-hydrogen) atoms. The van der Waals surface area contributed by atoms with Gasteiger partial charge in [0.15, 0.2) is 16.1 Å². The third kappa shape index (κ3) is 2.73. The summed E-state index contributed by atoms with van der Waals surface area (Å²) in [4.78, 5) is 0. The SMILES string of the molecule is Nc1cn(Cc2ccc(Cl)cc2)nc1-c1ccc(Br)o1. The first-order valence-corrected chi connectivity index (χ1v) is 7.12. The van der Waals surface area contributed by atoms with E-state index in [1.165, 1.54) is 0 Å². The minimum atomic E-state index is 0.584. The predicted octanol–water partition coefficient (Wildman–Crippen LogP) is 4.19. The fraction of sp³-hybridized carbons (Fsp3) is 0.0714. The first-order chi connectivity index (χ1) is 9.61. The molecule has 2 aromatic heterocycles. The van der Waals surface area contributed by atoms with Crippen molar-refractivity contribution in [1.29, 1.82) is 0 Å². The van der Waals surface area contributed by atoms with Crippen molar-refractivity contribution in [2.24, 2.45) is 0 Å². The van der Waals surface area contributed by atoms with Gasteiger partial charge in [0.25, 0.3) is 0 Å². The van der Waals surface area contributed by atoms with Crippen LogP contribution in [0.2, 0.25) is 5.02 Å². The number of anilines is 1. The van der Waals surface area contributed by atoms with Crippen LogP contribution >= 0.6 is 27.5 Å². The zero-order chi connectivity index (χ0) is 14.1. The Hall–Kier alpha value is -1.72. The van der Waals surface area contributed by atoms with E-state index in [1.54, 1.807) is 10.9 Å². The monoisotopic (exact) mass is 351 g/mol. The number of hydrogen-bond donors (Lipinski definition) is 1. The average Bonchev–Trinajstić information content (AvgIpc) is 2.98. The summed E-state index contributed by atoms with van der Waals surface area (Å²) in [5.74, 6) is 0.643. The summed E-state index contributed by atoms with van der Waals surface area (Å²) < 4.78 is 7.91. The maximum absolute atomic E-state index is 5.98. The van der Waals surface area contributed by atoms with E-state index in [9.17, 15) is 0 Å². The normalized spacial score (nSPS) is 10.9. The van der Waals surface area contributed by atoms with Gasteiger partial charge in [-0.3, -0.25) is 4.68 Å². The van der Waals surface area contributed by atoms with E-state index in [-0.39, 0.29) is 0 Å². The molecule has 102 valence electrons. The zero-order valence-electron chi connectivity index (χ0n) is 10.4. The Balaban J connectivity index is 1.87. The molecule has 6 heteroatoms. The van der Waals surface area contributed by atoms with Gasteiger partial charge in [0.05, 0.1) is 12.2 Å². The Bertz CT molecular complexity index is 733. The average molecular weight is 353 g/mol. The Kier molecular flexibility index (Phi) is 3.54. The molecule has 0 bridgehead atoms. The van der Waals surface area contributed by atoms with Crippen LogP contribution in [-0.2, 0) is 6.54 Å². The topological polar surface area (TPSA) is 57.0 Å². The third-order valence-corrected chi connectivity index (χ3v) is 3.53. The van der Waals surface area contributed by atoms with E-state index in [1.807, 2.05) is 36.4 Å². The first kappa shape index (κ1) is 13.3. The molecule has 0 spiro atoms. The Labute approximate surface area is 129 Å². The van der Waals surface area contributed by atoms with E-state index >= 15 is 0 Å². The highest BCUT2D eigenvalue weighted by Crippen LogP contribution is 2.28. The third-order valence-electron chi connectivity index (χ3n) is 2.85. The zero-order valence-corrected chi connectivity index (χ0v) is 12.7. The molecule has 3 aromatic rings. The Morgan fingerprint density at radius 2 is 1.95 bits per heavy atom. The molecule has 0 saturated heterocycles. The summed E-state index contributed by atoms with van der Waals surface area (Å²) >= 11 is 9.13. The van der Waals surface area contributed by atoms with Gasteiger partial charge in [-0.15, -0.1) is 0 Å². The molecule has 2 N–H and O–H groups in total. The van der Waals surface area contributed by atoms with Gasteiger partial charge in [-0.25, -0.2) is 0 Å². The van der Waals surface area contributed by atoms with Gasteiger partial charge in [0, 0.05) is 11.2 Å². The second kappa shape index (κ2) is 5.34. The Morgan fingerprint density at radius 1 is 1.20 bits per heavy atom. The lowest BCUT2D eigenvalue weighted by molar-refractivity contribution is 0.551. The standard InChI is InChI=1S/C14H11BrClN3O/c15-13-6-5-12(20-13)14-11(17)8-19(18-14)7-9-1-3-10(16)4-2-9/h1-6,8H,7,17H2.